The van der Waals surface area contributed by atoms with E-state index < -0.39 is 6.61 Å². The maximum absolute atomic E-state index is 12.0. The number of nitrogens with one attached hydrogen (secondary N) is 1. The van der Waals surface area contributed by atoms with Crippen molar-refractivity contribution in [3.05, 3.63) is 45.2 Å². The van der Waals surface area contributed by atoms with E-state index in [1.54, 1.807) is 24.3 Å². The number of aromatic nitrogens is 2. The molecule has 1 aromatic carbocycles. The summed E-state index contributed by atoms with van der Waals surface area (Å²) < 4.78 is 0. The van der Waals surface area contributed by atoms with Gasteiger partial charge >= 0.3 is 0 Å². The molecule has 0 saturated carbocycles. The van der Waals surface area contributed by atoms with Crippen molar-refractivity contribution >= 4 is 40.6 Å². The maximum Gasteiger partial charge on any atom is 0.248 e. The number of aliphatic hydroxyl groups is 1. The van der Waals surface area contributed by atoms with Crippen LogP contribution in [0.15, 0.2) is 24.0 Å². The topological polar surface area (TPSA) is 78.4 Å². The van der Waals surface area contributed by atoms with Gasteiger partial charge in [-0.15, -0.1) is 0 Å². The molecule has 0 spiro atoms. The molecule has 140 valence electrons. The highest BCUT2D eigenvalue weighted by Crippen LogP contribution is 2.47. The molecule has 0 fully saturated rings. The fourth-order valence-electron chi connectivity index (χ4n) is 3.79. The van der Waals surface area contributed by atoms with Gasteiger partial charge in [0.1, 0.15) is 6.61 Å². The van der Waals surface area contributed by atoms with E-state index in [1.165, 1.54) is 5.57 Å². The summed E-state index contributed by atoms with van der Waals surface area (Å²) in [7, 11) is 1.76. The second-order valence-corrected chi connectivity index (χ2v) is 7.39. The molecule has 8 heteroatoms. The Labute approximate surface area is 166 Å². The fraction of sp³-hybridized carbons (Fsp3) is 0.316. The fourth-order valence-corrected chi connectivity index (χ4v) is 4.23. The zero-order chi connectivity index (χ0) is 19.1. The van der Waals surface area contributed by atoms with Crippen LogP contribution in [0.2, 0.25) is 10.0 Å². The SMILES string of the molecule is CNc1ncc(-c2cc(Cl)c(Cl)c3c2C2=C(CCN(C(=O)CO)C2)C3)cn1. The lowest BCUT2D eigenvalue weighted by Gasteiger charge is -2.28. The third-order valence-corrected chi connectivity index (χ3v) is 5.97. The van der Waals surface area contributed by atoms with Gasteiger partial charge in [0.05, 0.1) is 10.0 Å². The Bertz CT molecular complexity index is 957. The molecule has 0 unspecified atom stereocenters. The Morgan fingerprint density at radius 1 is 1.33 bits per heavy atom. The van der Waals surface area contributed by atoms with E-state index >= 15 is 0 Å². The summed E-state index contributed by atoms with van der Waals surface area (Å²) in [5, 5.41) is 13.2. The normalized spacial score (nSPS) is 15.6. The van der Waals surface area contributed by atoms with Crippen molar-refractivity contribution in [2.45, 2.75) is 12.8 Å². The molecule has 0 radical (unpaired) electrons. The van der Waals surface area contributed by atoms with E-state index in [0.717, 1.165) is 40.7 Å². The third kappa shape index (κ3) is 3.08. The van der Waals surface area contributed by atoms with Gasteiger partial charge < -0.3 is 15.3 Å². The number of aliphatic hydroxyl groups excluding tert-OH is 1. The van der Waals surface area contributed by atoms with Crippen LogP contribution in [0.5, 0.6) is 0 Å². The first-order chi connectivity index (χ1) is 13.0. The number of halogens is 2. The monoisotopic (exact) mass is 404 g/mol. The van der Waals surface area contributed by atoms with E-state index in [9.17, 15) is 9.90 Å². The second-order valence-electron chi connectivity index (χ2n) is 6.60. The minimum atomic E-state index is -0.483. The average Bonchev–Trinajstić information content (AvgIpc) is 3.09. The van der Waals surface area contributed by atoms with Gasteiger partial charge in [0.25, 0.3) is 0 Å². The zero-order valence-corrected chi connectivity index (χ0v) is 16.2. The molecule has 1 aliphatic carbocycles. The zero-order valence-electron chi connectivity index (χ0n) is 14.7. The molecule has 2 aromatic rings. The van der Waals surface area contributed by atoms with Crippen LogP contribution in [-0.2, 0) is 11.2 Å². The van der Waals surface area contributed by atoms with E-state index in [2.05, 4.69) is 15.3 Å². The number of nitrogens with zero attached hydrogens (tertiary/aromatic N) is 3. The summed E-state index contributed by atoms with van der Waals surface area (Å²) in [6, 6.07) is 1.84. The number of hydrogen-bond acceptors (Lipinski definition) is 5. The van der Waals surface area contributed by atoms with Crippen LogP contribution in [0.25, 0.3) is 16.7 Å². The summed E-state index contributed by atoms with van der Waals surface area (Å²) in [6.45, 7) is 0.581. The van der Waals surface area contributed by atoms with Crippen molar-refractivity contribution < 1.29 is 9.90 Å². The van der Waals surface area contributed by atoms with Gasteiger partial charge in [0.2, 0.25) is 11.9 Å². The van der Waals surface area contributed by atoms with Crippen LogP contribution in [0.4, 0.5) is 5.95 Å². The summed E-state index contributed by atoms with van der Waals surface area (Å²) in [6.07, 6.45) is 4.99. The van der Waals surface area contributed by atoms with Gasteiger partial charge in [-0.3, -0.25) is 4.79 Å². The lowest BCUT2D eigenvalue weighted by atomic mass is 9.93. The molecule has 1 amide bonds. The summed E-state index contributed by atoms with van der Waals surface area (Å²) in [5.41, 5.74) is 6.10. The molecular weight excluding hydrogens is 387 g/mol. The molecule has 0 saturated heterocycles. The number of carbonyl (C=O) groups excluding carboxylic acids is 1. The molecule has 2 aliphatic rings. The Morgan fingerprint density at radius 2 is 2.07 bits per heavy atom. The van der Waals surface area contributed by atoms with Gasteiger partial charge in [-0.25, -0.2) is 9.97 Å². The third-order valence-electron chi connectivity index (χ3n) is 5.14. The molecular formula is C19H18Cl2N4O2. The molecule has 0 atom stereocenters. The van der Waals surface area contributed by atoms with Crippen LogP contribution in [-0.4, -0.2) is 52.6 Å². The van der Waals surface area contributed by atoms with Gasteiger partial charge in [-0.2, -0.15) is 0 Å². The lowest BCUT2D eigenvalue weighted by Crippen LogP contribution is -2.37. The highest BCUT2D eigenvalue weighted by atomic mass is 35.5. The number of amides is 1. The quantitative estimate of drug-likeness (QED) is 0.821. The Morgan fingerprint density at radius 3 is 2.74 bits per heavy atom. The maximum atomic E-state index is 12.0. The molecule has 2 N–H and O–H groups in total. The van der Waals surface area contributed by atoms with E-state index in [1.807, 2.05) is 6.07 Å². The van der Waals surface area contributed by atoms with Crippen molar-refractivity contribution in [1.29, 1.82) is 0 Å². The molecule has 6 nitrogen and oxygen atoms in total. The summed E-state index contributed by atoms with van der Waals surface area (Å²) in [4.78, 5) is 22.3. The Hall–Kier alpha value is -2.15. The van der Waals surface area contributed by atoms with Crippen molar-refractivity contribution in [2.24, 2.45) is 0 Å². The number of rotatable bonds is 3. The molecule has 1 aliphatic heterocycles. The predicted molar refractivity (Wildman–Crippen MR) is 106 cm³/mol. The Kier molecular flexibility index (Phi) is 4.80. The minimum absolute atomic E-state index is 0.265. The number of carbonyl (C=O) groups is 1. The summed E-state index contributed by atoms with van der Waals surface area (Å²) in [5.74, 6) is 0.270. The first-order valence-electron chi connectivity index (χ1n) is 8.64. The van der Waals surface area contributed by atoms with Gasteiger partial charge in [0, 0.05) is 38.1 Å². The first kappa shape index (κ1) is 18.2. The number of hydrogen-bond donors (Lipinski definition) is 2. The van der Waals surface area contributed by atoms with E-state index in [-0.39, 0.29) is 5.91 Å². The molecule has 27 heavy (non-hydrogen) atoms. The highest BCUT2D eigenvalue weighted by Gasteiger charge is 2.33. The lowest BCUT2D eigenvalue weighted by molar-refractivity contribution is -0.133. The minimum Gasteiger partial charge on any atom is -0.387 e. The first-order valence-corrected chi connectivity index (χ1v) is 9.40. The van der Waals surface area contributed by atoms with Crippen LogP contribution in [0, 0.1) is 0 Å². The second kappa shape index (κ2) is 7.11. The number of fused-ring (bicyclic) bond motifs is 2. The number of anilines is 1. The van der Waals surface area contributed by atoms with Gasteiger partial charge in [-0.05, 0) is 41.2 Å². The average molecular weight is 405 g/mol. The highest BCUT2D eigenvalue weighted by molar-refractivity contribution is 6.43. The van der Waals surface area contributed by atoms with Gasteiger partial charge in [0.15, 0.2) is 0 Å². The molecule has 2 heterocycles. The molecule has 4 rings (SSSR count). The predicted octanol–water partition coefficient (Wildman–Crippen LogP) is 3.03. The van der Waals surface area contributed by atoms with E-state index in [0.29, 0.717) is 29.1 Å². The standard InChI is InChI=1S/C19H18Cl2N4O2/c1-22-19-23-6-11(7-24-19)12-5-15(20)18(21)13-4-10-2-3-25(16(27)9-26)8-14(10)17(12)13/h5-7,26H,2-4,8-9H2,1H3,(H,22,23,24). The summed E-state index contributed by atoms with van der Waals surface area (Å²) >= 11 is 12.9. The van der Waals surface area contributed by atoms with Crippen LogP contribution >= 0.6 is 23.2 Å². The van der Waals surface area contributed by atoms with Gasteiger partial charge in [-0.1, -0.05) is 28.8 Å². The smallest absolute Gasteiger partial charge is 0.248 e. The van der Waals surface area contributed by atoms with Crippen LogP contribution in [0.1, 0.15) is 17.5 Å². The van der Waals surface area contributed by atoms with Crippen LogP contribution < -0.4 is 5.32 Å². The molecule has 1 aromatic heterocycles. The van der Waals surface area contributed by atoms with Crippen molar-refractivity contribution in [1.82, 2.24) is 14.9 Å². The van der Waals surface area contributed by atoms with Crippen molar-refractivity contribution in [3.8, 4) is 11.1 Å². The van der Waals surface area contributed by atoms with Crippen molar-refractivity contribution in [2.75, 3.05) is 32.1 Å². The Balaban J connectivity index is 1.84. The number of benzene rings is 1. The largest absolute Gasteiger partial charge is 0.387 e. The van der Waals surface area contributed by atoms with Crippen LogP contribution in [0.3, 0.4) is 0 Å². The molecule has 0 bridgehead atoms. The van der Waals surface area contributed by atoms with Crippen molar-refractivity contribution in [3.63, 3.8) is 0 Å². The van der Waals surface area contributed by atoms with E-state index in [4.69, 9.17) is 23.2 Å².